The molecule has 5 rings (SSSR count). The Morgan fingerprint density at radius 3 is 2.43 bits per heavy atom. The SMILES string of the molecule is COC(C(=O)N1CCN2C(=O)c3cc(-c4ccc(Cl)cc4)ccc3NC(=O)C2C1)c1ccccc1. The summed E-state index contributed by atoms with van der Waals surface area (Å²) in [4.78, 5) is 43.1. The standard InChI is InChI=1S/C27H24ClN3O4/c1-35-24(18-5-3-2-4-6-18)27(34)30-13-14-31-23(16-30)25(32)29-22-12-9-19(15-21(22)26(31)33)17-7-10-20(28)11-8-17/h2-12,15,23-24H,13-14,16H2,1H3,(H,29,32). The van der Waals surface area contributed by atoms with Crippen LogP contribution in [0.4, 0.5) is 5.69 Å². The molecule has 2 aliphatic rings. The molecule has 0 aromatic heterocycles. The molecule has 3 aromatic rings. The third kappa shape index (κ3) is 4.40. The highest BCUT2D eigenvalue weighted by Gasteiger charge is 2.41. The van der Waals surface area contributed by atoms with Crippen LogP contribution in [0.3, 0.4) is 0 Å². The van der Waals surface area contributed by atoms with E-state index in [1.165, 1.54) is 7.11 Å². The molecule has 2 aliphatic heterocycles. The Morgan fingerprint density at radius 1 is 1.00 bits per heavy atom. The summed E-state index contributed by atoms with van der Waals surface area (Å²) in [5, 5.41) is 3.51. The Morgan fingerprint density at radius 2 is 1.71 bits per heavy atom. The van der Waals surface area contributed by atoms with E-state index in [9.17, 15) is 14.4 Å². The molecule has 3 amide bonds. The van der Waals surface area contributed by atoms with Gasteiger partial charge in [-0.25, -0.2) is 0 Å². The fourth-order valence-corrected chi connectivity index (χ4v) is 4.77. The Bertz CT molecular complexity index is 1280. The second-order valence-corrected chi connectivity index (χ2v) is 9.02. The Kier molecular flexibility index (Phi) is 6.28. The summed E-state index contributed by atoms with van der Waals surface area (Å²) in [5.41, 5.74) is 3.39. The predicted molar refractivity (Wildman–Crippen MR) is 133 cm³/mol. The minimum atomic E-state index is -0.792. The maximum atomic E-state index is 13.5. The molecule has 2 atom stereocenters. The number of halogens is 1. The van der Waals surface area contributed by atoms with Crippen LogP contribution in [0.25, 0.3) is 11.1 Å². The van der Waals surface area contributed by atoms with Crippen molar-refractivity contribution >= 4 is 35.0 Å². The number of nitrogens with zero attached hydrogens (tertiary/aromatic N) is 2. The van der Waals surface area contributed by atoms with Crippen LogP contribution in [-0.4, -0.2) is 60.3 Å². The first-order chi connectivity index (χ1) is 17.0. The summed E-state index contributed by atoms with van der Waals surface area (Å²) in [6.07, 6.45) is -0.772. The lowest BCUT2D eigenvalue weighted by atomic mass is 10.0. The lowest BCUT2D eigenvalue weighted by molar-refractivity contribution is -0.146. The molecule has 0 saturated carbocycles. The van der Waals surface area contributed by atoms with Crippen molar-refractivity contribution in [3.63, 3.8) is 0 Å². The average molecular weight is 490 g/mol. The monoisotopic (exact) mass is 489 g/mol. The predicted octanol–water partition coefficient (Wildman–Crippen LogP) is 4.00. The number of benzene rings is 3. The molecule has 1 saturated heterocycles. The third-order valence-corrected chi connectivity index (χ3v) is 6.76. The molecule has 8 heteroatoms. The molecule has 2 unspecified atom stereocenters. The van der Waals surface area contributed by atoms with Gasteiger partial charge < -0.3 is 19.9 Å². The van der Waals surface area contributed by atoms with Crippen LogP contribution in [0.1, 0.15) is 22.0 Å². The number of anilines is 1. The zero-order valence-corrected chi connectivity index (χ0v) is 19.9. The summed E-state index contributed by atoms with van der Waals surface area (Å²) in [7, 11) is 1.49. The smallest absolute Gasteiger partial charge is 0.256 e. The molecular formula is C27H24ClN3O4. The van der Waals surface area contributed by atoms with Crippen molar-refractivity contribution in [3.8, 4) is 11.1 Å². The number of nitrogens with one attached hydrogen (secondary N) is 1. The largest absolute Gasteiger partial charge is 0.367 e. The van der Waals surface area contributed by atoms with E-state index in [-0.39, 0.29) is 30.8 Å². The normalized spacial score (nSPS) is 18.3. The van der Waals surface area contributed by atoms with Crippen molar-refractivity contribution in [2.24, 2.45) is 0 Å². The first kappa shape index (κ1) is 23.1. The maximum absolute atomic E-state index is 13.5. The van der Waals surface area contributed by atoms with Gasteiger partial charge in [-0.1, -0.05) is 60.1 Å². The molecule has 2 heterocycles. The number of fused-ring (bicyclic) bond motifs is 2. The van der Waals surface area contributed by atoms with Crippen molar-refractivity contribution in [3.05, 3.63) is 88.9 Å². The number of rotatable bonds is 4. The number of carbonyl (C=O) groups is 3. The molecule has 3 aromatic carbocycles. The fraction of sp³-hybridized carbons (Fsp3) is 0.222. The molecule has 35 heavy (non-hydrogen) atoms. The van der Waals surface area contributed by atoms with Gasteiger partial charge in [0.25, 0.3) is 11.8 Å². The lowest BCUT2D eigenvalue weighted by Gasteiger charge is -2.40. The number of ether oxygens (including phenoxy) is 1. The van der Waals surface area contributed by atoms with Crippen LogP contribution < -0.4 is 5.32 Å². The zero-order valence-electron chi connectivity index (χ0n) is 19.1. The van der Waals surface area contributed by atoms with E-state index < -0.39 is 12.1 Å². The topological polar surface area (TPSA) is 79.0 Å². The summed E-state index contributed by atoms with van der Waals surface area (Å²) < 4.78 is 5.49. The van der Waals surface area contributed by atoms with E-state index in [0.29, 0.717) is 22.8 Å². The van der Waals surface area contributed by atoms with Crippen LogP contribution in [0.5, 0.6) is 0 Å². The number of piperazine rings is 1. The highest BCUT2D eigenvalue weighted by atomic mass is 35.5. The number of hydrogen-bond donors (Lipinski definition) is 1. The van der Waals surface area contributed by atoms with Crippen LogP contribution in [0.15, 0.2) is 72.8 Å². The van der Waals surface area contributed by atoms with E-state index >= 15 is 0 Å². The maximum Gasteiger partial charge on any atom is 0.256 e. The third-order valence-electron chi connectivity index (χ3n) is 6.50. The van der Waals surface area contributed by atoms with Gasteiger partial charge in [0.05, 0.1) is 17.8 Å². The first-order valence-corrected chi connectivity index (χ1v) is 11.7. The fourth-order valence-electron chi connectivity index (χ4n) is 4.65. The molecule has 178 valence electrons. The van der Waals surface area contributed by atoms with Gasteiger partial charge in [-0.05, 0) is 41.0 Å². The second-order valence-electron chi connectivity index (χ2n) is 8.58. The van der Waals surface area contributed by atoms with Gasteiger partial charge in [-0.2, -0.15) is 0 Å². The molecule has 7 nitrogen and oxygen atoms in total. The lowest BCUT2D eigenvalue weighted by Crippen LogP contribution is -2.60. The van der Waals surface area contributed by atoms with Crippen LogP contribution in [-0.2, 0) is 14.3 Å². The quantitative estimate of drug-likeness (QED) is 0.601. The van der Waals surface area contributed by atoms with Gasteiger partial charge in [0.15, 0.2) is 6.10 Å². The zero-order chi connectivity index (χ0) is 24.5. The molecule has 0 bridgehead atoms. The Hall–Kier alpha value is -3.68. The van der Waals surface area contributed by atoms with Crippen LogP contribution in [0.2, 0.25) is 5.02 Å². The molecule has 1 N–H and O–H groups in total. The van der Waals surface area contributed by atoms with Crippen molar-refractivity contribution in [1.29, 1.82) is 0 Å². The molecule has 1 fully saturated rings. The highest BCUT2D eigenvalue weighted by molar-refractivity contribution is 6.30. The molecular weight excluding hydrogens is 466 g/mol. The van der Waals surface area contributed by atoms with Crippen LogP contribution in [0, 0.1) is 0 Å². The minimum Gasteiger partial charge on any atom is -0.367 e. The van der Waals surface area contributed by atoms with Gasteiger partial charge in [-0.15, -0.1) is 0 Å². The van der Waals surface area contributed by atoms with Crippen LogP contribution >= 0.6 is 11.6 Å². The highest BCUT2D eigenvalue weighted by Crippen LogP contribution is 2.31. The second kappa shape index (κ2) is 9.52. The Balaban J connectivity index is 1.40. The van der Waals surface area contributed by atoms with Crippen molar-refractivity contribution in [1.82, 2.24) is 9.80 Å². The molecule has 0 radical (unpaired) electrons. The van der Waals surface area contributed by atoms with Gasteiger partial charge >= 0.3 is 0 Å². The molecule has 0 aliphatic carbocycles. The summed E-state index contributed by atoms with van der Waals surface area (Å²) in [6.45, 7) is 0.660. The van der Waals surface area contributed by atoms with E-state index in [0.717, 1.165) is 16.7 Å². The molecule has 0 spiro atoms. The van der Waals surface area contributed by atoms with Crippen molar-refractivity contribution in [2.75, 3.05) is 32.1 Å². The minimum absolute atomic E-state index is 0.0983. The van der Waals surface area contributed by atoms with Crippen molar-refractivity contribution in [2.45, 2.75) is 12.1 Å². The summed E-state index contributed by atoms with van der Waals surface area (Å²) >= 11 is 6.01. The van der Waals surface area contributed by atoms with E-state index in [2.05, 4.69) is 5.32 Å². The number of carbonyl (C=O) groups excluding carboxylic acids is 3. The number of hydrogen-bond acceptors (Lipinski definition) is 4. The van der Waals surface area contributed by atoms with Gasteiger partial charge in [0.2, 0.25) is 5.91 Å². The first-order valence-electron chi connectivity index (χ1n) is 11.3. The van der Waals surface area contributed by atoms with E-state index in [4.69, 9.17) is 16.3 Å². The van der Waals surface area contributed by atoms with E-state index in [1.807, 2.05) is 48.5 Å². The van der Waals surface area contributed by atoms with Crippen molar-refractivity contribution < 1.29 is 19.1 Å². The summed E-state index contributed by atoms with van der Waals surface area (Å²) in [5.74, 6) is -0.787. The summed E-state index contributed by atoms with van der Waals surface area (Å²) in [6, 6.07) is 21.2. The number of amides is 3. The number of methoxy groups -OCH3 is 1. The van der Waals surface area contributed by atoms with E-state index in [1.54, 1.807) is 34.1 Å². The van der Waals surface area contributed by atoms with Gasteiger partial charge in [0, 0.05) is 25.2 Å². The van der Waals surface area contributed by atoms with Gasteiger partial charge in [-0.3, -0.25) is 14.4 Å². The average Bonchev–Trinajstić information content (AvgIpc) is 2.99. The van der Waals surface area contributed by atoms with Gasteiger partial charge in [0.1, 0.15) is 6.04 Å². The Labute approximate surface area is 208 Å².